The molecule has 0 radical (unpaired) electrons. The van der Waals surface area contributed by atoms with Gasteiger partial charge in [0.25, 0.3) is 0 Å². The Bertz CT molecular complexity index is 402. The first-order valence-corrected chi connectivity index (χ1v) is 5.84. The monoisotopic (exact) mass is 269 g/mol. The Morgan fingerprint density at radius 3 is 2.93 bits per heavy atom. The highest BCUT2D eigenvalue weighted by Gasteiger charge is 2.00. The zero-order chi connectivity index (χ0) is 9.80. The molecule has 0 N–H and O–H groups in total. The van der Waals surface area contributed by atoms with Gasteiger partial charge in [0, 0.05) is 5.38 Å². The van der Waals surface area contributed by atoms with Crippen molar-refractivity contribution in [2.75, 3.05) is 0 Å². The van der Waals surface area contributed by atoms with Crippen molar-refractivity contribution < 1.29 is 4.74 Å². The molecule has 1 aromatic heterocycles. The number of hydrogen-bond donors (Lipinski definition) is 0. The summed E-state index contributed by atoms with van der Waals surface area (Å²) in [5.74, 6) is 0.848. The summed E-state index contributed by atoms with van der Waals surface area (Å²) in [6, 6.07) is 7.79. The predicted molar refractivity (Wildman–Crippen MR) is 60.6 cm³/mol. The molecule has 1 heterocycles. The molecule has 0 bridgehead atoms. The number of para-hydroxylation sites is 1. The molecule has 0 unspecified atom stereocenters. The summed E-state index contributed by atoms with van der Waals surface area (Å²) >= 11 is 4.99. The van der Waals surface area contributed by atoms with Crippen LogP contribution in [0.25, 0.3) is 0 Å². The third-order valence-electron chi connectivity index (χ3n) is 1.70. The van der Waals surface area contributed by atoms with Crippen LogP contribution in [0.4, 0.5) is 0 Å². The van der Waals surface area contributed by atoms with Crippen molar-refractivity contribution in [1.29, 1.82) is 0 Å². The minimum absolute atomic E-state index is 0.520. The Balaban J connectivity index is 2.02. The van der Waals surface area contributed by atoms with Gasteiger partial charge in [0.15, 0.2) is 0 Å². The van der Waals surface area contributed by atoms with Crippen molar-refractivity contribution in [2.24, 2.45) is 0 Å². The molecule has 0 fully saturated rings. The third kappa shape index (κ3) is 2.33. The van der Waals surface area contributed by atoms with Gasteiger partial charge in [0.05, 0.1) is 15.7 Å². The molecular weight excluding hydrogens is 262 g/mol. The molecule has 14 heavy (non-hydrogen) atoms. The summed E-state index contributed by atoms with van der Waals surface area (Å²) in [7, 11) is 0. The Kier molecular flexibility index (Phi) is 3.16. The van der Waals surface area contributed by atoms with Gasteiger partial charge in [-0.25, -0.2) is 4.98 Å². The van der Waals surface area contributed by atoms with Crippen molar-refractivity contribution >= 4 is 27.3 Å². The molecule has 0 aliphatic rings. The number of aromatic nitrogens is 1. The van der Waals surface area contributed by atoms with Crippen LogP contribution in [0.3, 0.4) is 0 Å². The van der Waals surface area contributed by atoms with Gasteiger partial charge in [-0.3, -0.25) is 0 Å². The van der Waals surface area contributed by atoms with E-state index in [1.165, 1.54) is 0 Å². The molecule has 2 aromatic rings. The molecule has 1 aromatic carbocycles. The summed E-state index contributed by atoms with van der Waals surface area (Å²) in [5.41, 5.74) is 2.77. The van der Waals surface area contributed by atoms with Crippen LogP contribution in [-0.2, 0) is 6.61 Å². The van der Waals surface area contributed by atoms with Crippen LogP contribution in [0.15, 0.2) is 39.6 Å². The van der Waals surface area contributed by atoms with Gasteiger partial charge >= 0.3 is 0 Å². The first-order valence-electron chi connectivity index (χ1n) is 4.10. The maximum Gasteiger partial charge on any atom is 0.134 e. The first kappa shape index (κ1) is 9.68. The predicted octanol–water partition coefficient (Wildman–Crippen LogP) is 3.48. The van der Waals surface area contributed by atoms with Crippen LogP contribution < -0.4 is 4.74 Å². The first-order chi connectivity index (χ1) is 6.86. The lowest BCUT2D eigenvalue weighted by Gasteiger charge is -2.05. The number of thiazole rings is 1. The van der Waals surface area contributed by atoms with E-state index >= 15 is 0 Å². The summed E-state index contributed by atoms with van der Waals surface area (Å²) in [5, 5.41) is 1.98. The fourth-order valence-electron chi connectivity index (χ4n) is 1.02. The number of halogens is 1. The second kappa shape index (κ2) is 4.57. The number of hydrogen-bond acceptors (Lipinski definition) is 3. The summed E-state index contributed by atoms with van der Waals surface area (Å²) < 4.78 is 6.55. The van der Waals surface area contributed by atoms with Crippen LogP contribution in [0, 0.1) is 0 Å². The zero-order valence-electron chi connectivity index (χ0n) is 7.31. The fourth-order valence-corrected chi connectivity index (χ4v) is 1.96. The van der Waals surface area contributed by atoms with Crippen LogP contribution in [0.2, 0.25) is 0 Å². The van der Waals surface area contributed by atoms with Crippen LogP contribution in [-0.4, -0.2) is 4.98 Å². The smallest absolute Gasteiger partial charge is 0.134 e. The molecule has 72 valence electrons. The highest BCUT2D eigenvalue weighted by Crippen LogP contribution is 2.24. The van der Waals surface area contributed by atoms with E-state index in [1.807, 2.05) is 29.6 Å². The second-order valence-corrected chi connectivity index (χ2v) is 4.27. The van der Waals surface area contributed by atoms with E-state index in [1.54, 1.807) is 16.8 Å². The minimum Gasteiger partial charge on any atom is -0.486 e. The van der Waals surface area contributed by atoms with Crippen molar-refractivity contribution in [2.45, 2.75) is 6.61 Å². The fraction of sp³-hybridized carbons (Fsp3) is 0.100. The van der Waals surface area contributed by atoms with Crippen molar-refractivity contribution in [3.8, 4) is 5.75 Å². The van der Waals surface area contributed by atoms with E-state index in [0.717, 1.165) is 15.9 Å². The maximum absolute atomic E-state index is 5.58. The molecule has 0 spiro atoms. The Hall–Kier alpha value is -0.870. The highest BCUT2D eigenvalue weighted by atomic mass is 79.9. The Labute approximate surface area is 94.7 Å². The van der Waals surface area contributed by atoms with Crippen LogP contribution in [0.5, 0.6) is 5.75 Å². The van der Waals surface area contributed by atoms with Crippen molar-refractivity contribution in [3.05, 3.63) is 45.3 Å². The number of rotatable bonds is 3. The molecule has 0 amide bonds. The molecule has 2 rings (SSSR count). The minimum atomic E-state index is 0.520. The van der Waals surface area contributed by atoms with Gasteiger partial charge in [-0.05, 0) is 28.1 Å². The summed E-state index contributed by atoms with van der Waals surface area (Å²) in [4.78, 5) is 4.14. The normalized spacial score (nSPS) is 10.1. The number of nitrogens with zero attached hydrogens (tertiary/aromatic N) is 1. The molecule has 0 saturated heterocycles. The summed E-state index contributed by atoms with van der Waals surface area (Å²) in [6.07, 6.45) is 0. The third-order valence-corrected chi connectivity index (χ3v) is 2.99. The number of ether oxygens (including phenoxy) is 1. The molecule has 0 saturated carbocycles. The van der Waals surface area contributed by atoms with E-state index in [4.69, 9.17) is 4.74 Å². The lowest BCUT2D eigenvalue weighted by atomic mass is 10.3. The Morgan fingerprint density at radius 1 is 1.36 bits per heavy atom. The van der Waals surface area contributed by atoms with E-state index in [2.05, 4.69) is 20.9 Å². The van der Waals surface area contributed by atoms with Crippen molar-refractivity contribution in [3.63, 3.8) is 0 Å². The molecule has 4 heteroatoms. The van der Waals surface area contributed by atoms with E-state index in [0.29, 0.717) is 6.61 Å². The standard InChI is InChI=1S/C10H8BrNOS/c11-9-3-1-2-4-10(9)13-5-8-6-14-7-12-8/h1-4,6-7H,5H2. The average Bonchev–Trinajstić information content (AvgIpc) is 2.69. The zero-order valence-corrected chi connectivity index (χ0v) is 9.72. The number of benzene rings is 1. The molecule has 0 aliphatic carbocycles. The van der Waals surface area contributed by atoms with Gasteiger partial charge in [0.2, 0.25) is 0 Å². The largest absolute Gasteiger partial charge is 0.486 e. The highest BCUT2D eigenvalue weighted by molar-refractivity contribution is 9.10. The van der Waals surface area contributed by atoms with Crippen LogP contribution >= 0.6 is 27.3 Å². The van der Waals surface area contributed by atoms with E-state index < -0.39 is 0 Å². The summed E-state index contributed by atoms with van der Waals surface area (Å²) in [6.45, 7) is 0.520. The lowest BCUT2D eigenvalue weighted by molar-refractivity contribution is 0.300. The van der Waals surface area contributed by atoms with Crippen molar-refractivity contribution in [1.82, 2.24) is 4.98 Å². The molecular formula is C10H8BrNOS. The van der Waals surface area contributed by atoms with Gasteiger partial charge in [-0.15, -0.1) is 11.3 Å². The maximum atomic E-state index is 5.58. The quantitative estimate of drug-likeness (QED) is 0.851. The topological polar surface area (TPSA) is 22.1 Å². The average molecular weight is 270 g/mol. The molecule has 0 atom stereocenters. The van der Waals surface area contributed by atoms with Gasteiger partial charge < -0.3 is 4.74 Å². The van der Waals surface area contributed by atoms with Gasteiger partial charge in [-0.1, -0.05) is 12.1 Å². The molecule has 0 aliphatic heterocycles. The second-order valence-electron chi connectivity index (χ2n) is 2.70. The van der Waals surface area contributed by atoms with Gasteiger partial charge in [0.1, 0.15) is 12.4 Å². The van der Waals surface area contributed by atoms with Crippen LogP contribution in [0.1, 0.15) is 5.69 Å². The molecule has 2 nitrogen and oxygen atoms in total. The lowest BCUT2D eigenvalue weighted by Crippen LogP contribution is -1.95. The Morgan fingerprint density at radius 2 is 2.21 bits per heavy atom. The van der Waals surface area contributed by atoms with E-state index in [9.17, 15) is 0 Å². The van der Waals surface area contributed by atoms with Gasteiger partial charge in [-0.2, -0.15) is 0 Å². The SMILES string of the molecule is Brc1ccccc1OCc1cscn1. The van der Waals surface area contributed by atoms with E-state index in [-0.39, 0.29) is 0 Å².